The highest BCUT2D eigenvalue weighted by Crippen LogP contribution is 2.44. The van der Waals surface area contributed by atoms with E-state index in [4.69, 9.17) is 4.74 Å². The Morgan fingerprint density at radius 2 is 1.67 bits per heavy atom. The molecule has 348 valence electrons. The van der Waals surface area contributed by atoms with Crippen LogP contribution in [-0.4, -0.2) is 86.7 Å². The number of fused-ring (bicyclic) bond motifs is 3. The predicted octanol–water partition coefficient (Wildman–Crippen LogP) is 9.67. The molecule has 0 saturated carbocycles. The summed E-state index contributed by atoms with van der Waals surface area (Å²) in [5, 5.41) is 14.7. The summed E-state index contributed by atoms with van der Waals surface area (Å²) in [6.07, 6.45) is -0.110. The van der Waals surface area contributed by atoms with Crippen LogP contribution in [0.2, 0.25) is 0 Å². The molecule has 5 atom stereocenters. The number of anilines is 1. The number of ether oxygens (including phenoxy) is 1. The number of halogens is 3. The number of likely N-dealkylation sites (N-methyl/N-ethyl adjacent to an activating group) is 1. The SMILES string of the molecule is Cc1ncsc1-c1ccc(CNC(=O)[C@@H]2C[C@@H](O)CN2C(=O)[C@@H](N(C)c2ccc(COc3cc(F)c([C@@H]4c5[nH]c6ccccc6c5C[C@@H](C)N4CC(C)(C)F)c(F)c3)cc2)C(C)(C)C)cc1. The van der Waals surface area contributed by atoms with Gasteiger partial charge in [0.25, 0.3) is 0 Å². The first-order valence-electron chi connectivity index (χ1n) is 22.5. The molecule has 0 radical (unpaired) electrons. The highest BCUT2D eigenvalue weighted by molar-refractivity contribution is 7.13. The molecule has 14 heteroatoms. The van der Waals surface area contributed by atoms with E-state index in [1.807, 2.05) is 130 Å². The molecule has 4 heterocycles. The minimum atomic E-state index is -1.62. The number of aliphatic hydroxyl groups excluding tert-OH is 1. The zero-order valence-electron chi connectivity index (χ0n) is 38.8. The molecule has 2 amide bonds. The Labute approximate surface area is 388 Å². The number of thiazole rings is 1. The van der Waals surface area contributed by atoms with Crippen molar-refractivity contribution in [2.24, 2.45) is 5.41 Å². The van der Waals surface area contributed by atoms with Gasteiger partial charge in [-0.1, -0.05) is 75.4 Å². The van der Waals surface area contributed by atoms with Crippen molar-refractivity contribution < 1.29 is 32.6 Å². The van der Waals surface area contributed by atoms with Crippen molar-refractivity contribution in [3.8, 4) is 16.2 Å². The van der Waals surface area contributed by atoms with E-state index < -0.39 is 46.9 Å². The highest BCUT2D eigenvalue weighted by atomic mass is 32.1. The number of aliphatic hydroxyl groups is 1. The third-order valence-corrected chi connectivity index (χ3v) is 13.9. The van der Waals surface area contributed by atoms with Crippen molar-refractivity contribution in [2.75, 3.05) is 25.0 Å². The summed E-state index contributed by atoms with van der Waals surface area (Å²) in [6.45, 7) is 13.1. The third-order valence-electron chi connectivity index (χ3n) is 12.9. The largest absolute Gasteiger partial charge is 0.489 e. The average Bonchev–Trinajstić information content (AvgIpc) is 3.98. The smallest absolute Gasteiger partial charge is 0.246 e. The van der Waals surface area contributed by atoms with Crippen molar-refractivity contribution in [2.45, 2.75) is 110 Å². The number of hydrogen-bond acceptors (Lipinski definition) is 8. The van der Waals surface area contributed by atoms with Gasteiger partial charge in [0.05, 0.1) is 28.2 Å². The maximum Gasteiger partial charge on any atom is 0.246 e. The van der Waals surface area contributed by atoms with Crippen LogP contribution in [0.5, 0.6) is 5.75 Å². The molecule has 3 N–H and O–H groups in total. The molecule has 0 bridgehead atoms. The number of hydrogen-bond donors (Lipinski definition) is 3. The maximum atomic E-state index is 16.3. The van der Waals surface area contributed by atoms with Crippen LogP contribution in [-0.2, 0) is 29.2 Å². The number of H-pyrrole nitrogens is 1. The lowest BCUT2D eigenvalue weighted by Crippen LogP contribution is -2.57. The van der Waals surface area contributed by atoms with E-state index in [2.05, 4.69) is 15.3 Å². The van der Waals surface area contributed by atoms with Crippen LogP contribution in [0, 0.1) is 24.0 Å². The molecular formula is C52H59F3N6O4S. The van der Waals surface area contributed by atoms with Crippen LogP contribution < -0.4 is 15.0 Å². The van der Waals surface area contributed by atoms with Gasteiger partial charge in [0.1, 0.15) is 41.7 Å². The fourth-order valence-corrected chi connectivity index (χ4v) is 10.6. The second kappa shape index (κ2) is 18.5. The van der Waals surface area contributed by atoms with Gasteiger partial charge in [-0.2, -0.15) is 0 Å². The van der Waals surface area contributed by atoms with Gasteiger partial charge < -0.3 is 29.9 Å². The quantitative estimate of drug-likeness (QED) is 0.106. The third kappa shape index (κ3) is 9.72. The summed E-state index contributed by atoms with van der Waals surface area (Å²) >= 11 is 1.58. The molecule has 4 aromatic carbocycles. The van der Waals surface area contributed by atoms with E-state index >= 15 is 13.2 Å². The van der Waals surface area contributed by atoms with Gasteiger partial charge in [-0.25, -0.2) is 18.2 Å². The summed E-state index contributed by atoms with van der Waals surface area (Å²) in [7, 11) is 1.83. The van der Waals surface area contributed by atoms with Gasteiger partial charge in [-0.15, -0.1) is 11.3 Å². The molecule has 1 saturated heterocycles. The number of aromatic amines is 1. The summed E-state index contributed by atoms with van der Waals surface area (Å²) in [5.41, 5.74) is 6.33. The summed E-state index contributed by atoms with van der Waals surface area (Å²) in [4.78, 5) is 42.2. The molecule has 0 unspecified atom stereocenters. The molecule has 8 rings (SSSR count). The summed E-state index contributed by atoms with van der Waals surface area (Å²) in [6, 6.07) is 22.8. The van der Waals surface area contributed by atoms with Crippen molar-refractivity contribution in [1.29, 1.82) is 0 Å². The number of nitrogens with one attached hydrogen (secondary N) is 2. The Hall–Kier alpha value is -5.70. The molecule has 0 aliphatic carbocycles. The van der Waals surface area contributed by atoms with E-state index in [1.165, 1.54) is 30.9 Å². The zero-order chi connectivity index (χ0) is 47.2. The predicted molar refractivity (Wildman–Crippen MR) is 254 cm³/mol. The first-order valence-corrected chi connectivity index (χ1v) is 23.4. The maximum absolute atomic E-state index is 16.3. The van der Waals surface area contributed by atoms with Gasteiger partial charge in [0.15, 0.2) is 0 Å². The summed E-state index contributed by atoms with van der Waals surface area (Å²) in [5.74, 6) is -2.17. The van der Waals surface area contributed by atoms with Crippen LogP contribution in [0.3, 0.4) is 0 Å². The minimum absolute atomic E-state index is 0.0109. The molecule has 2 aromatic heterocycles. The number of rotatable bonds is 13. The van der Waals surface area contributed by atoms with Crippen LogP contribution in [0.25, 0.3) is 21.3 Å². The second-order valence-electron chi connectivity index (χ2n) is 19.6. The number of aryl methyl sites for hydroxylation is 1. The van der Waals surface area contributed by atoms with Crippen molar-refractivity contribution in [3.05, 3.63) is 136 Å². The molecule has 2 aliphatic heterocycles. The number of para-hydroxylation sites is 1. The molecule has 0 spiro atoms. The zero-order valence-corrected chi connectivity index (χ0v) is 39.6. The molecular weight excluding hydrogens is 862 g/mol. The number of β-amino-alcohol motifs (C(OH)–C–C–N with tert-alkyl or cyclic N) is 1. The van der Waals surface area contributed by atoms with Gasteiger partial charge in [-0.3, -0.25) is 14.5 Å². The number of nitrogens with zero attached hydrogens (tertiary/aromatic N) is 4. The molecule has 1 fully saturated rings. The van der Waals surface area contributed by atoms with Gasteiger partial charge in [0, 0.05) is 79.1 Å². The number of alkyl halides is 1. The lowest BCUT2D eigenvalue weighted by molar-refractivity contribution is -0.141. The van der Waals surface area contributed by atoms with Gasteiger partial charge in [0.2, 0.25) is 11.8 Å². The van der Waals surface area contributed by atoms with E-state index in [0.717, 1.165) is 49.4 Å². The van der Waals surface area contributed by atoms with E-state index in [1.54, 1.807) is 11.3 Å². The van der Waals surface area contributed by atoms with Gasteiger partial charge >= 0.3 is 0 Å². The van der Waals surface area contributed by atoms with E-state index in [0.29, 0.717) is 12.1 Å². The fraction of sp³-hybridized carbons (Fsp3) is 0.404. The van der Waals surface area contributed by atoms with E-state index in [-0.39, 0.29) is 61.8 Å². The van der Waals surface area contributed by atoms with Crippen LogP contribution in [0.4, 0.5) is 18.9 Å². The lowest BCUT2D eigenvalue weighted by atomic mass is 9.84. The Morgan fingerprint density at radius 1 is 1.00 bits per heavy atom. The van der Waals surface area contributed by atoms with Gasteiger partial charge in [-0.05, 0) is 80.0 Å². The number of benzene rings is 4. The standard InChI is InChI=1S/C52H59F3N6O4S/c1-30-21-39-38-11-9-10-12-42(38)58-45(39)46(61(30)28-52(6,7)55)44-40(53)23-37(24-41(44)54)65-27-33-15-19-35(20-16-33)59(8)48(51(3,4)5)50(64)60-26-36(62)22-43(60)49(63)56-25-32-13-17-34(18-14-32)47-31(2)57-29-66-47/h9-20,23-24,29-30,36,43,46,48,58,62H,21-22,25-28H2,1-8H3,(H,56,63)/t30-,36-,43+,46-,48-/m1/s1. The Kier molecular flexibility index (Phi) is 13.1. The van der Waals surface area contributed by atoms with Crippen molar-refractivity contribution in [3.63, 3.8) is 0 Å². The second-order valence-corrected chi connectivity index (χ2v) is 20.5. The van der Waals surface area contributed by atoms with Crippen LogP contribution in [0.15, 0.2) is 90.4 Å². The first kappa shape index (κ1) is 46.8. The van der Waals surface area contributed by atoms with Crippen LogP contribution in [0.1, 0.15) is 87.6 Å². The average molecular weight is 921 g/mol. The van der Waals surface area contributed by atoms with Crippen LogP contribution >= 0.6 is 11.3 Å². The number of carbonyl (C=O) groups excluding carboxylic acids is 2. The molecule has 6 aromatic rings. The monoisotopic (exact) mass is 920 g/mol. The molecule has 10 nitrogen and oxygen atoms in total. The summed E-state index contributed by atoms with van der Waals surface area (Å²) < 4.78 is 53.9. The Balaban J connectivity index is 0.943. The Bertz CT molecular complexity index is 2680. The topological polar surface area (TPSA) is 114 Å². The number of amides is 2. The molecule has 2 aliphatic rings. The van der Waals surface area contributed by atoms with Crippen molar-refractivity contribution >= 4 is 39.7 Å². The number of carbonyl (C=O) groups is 2. The number of likely N-dealkylation sites (tertiary alicyclic amines) is 1. The lowest BCUT2D eigenvalue weighted by Gasteiger charge is -2.43. The first-order chi connectivity index (χ1) is 31.3. The fourth-order valence-electron chi connectivity index (χ4n) is 9.79. The van der Waals surface area contributed by atoms with Crippen molar-refractivity contribution in [1.82, 2.24) is 25.1 Å². The highest BCUT2D eigenvalue weighted by Gasteiger charge is 2.46. The number of aromatic nitrogens is 2. The molecule has 66 heavy (non-hydrogen) atoms. The van der Waals surface area contributed by atoms with E-state index in [9.17, 15) is 14.7 Å². The minimum Gasteiger partial charge on any atom is -0.489 e. The Morgan fingerprint density at radius 3 is 2.30 bits per heavy atom. The normalized spacial score (nSPS) is 19.5.